The van der Waals surface area contributed by atoms with Gasteiger partial charge in [0, 0.05) is 24.1 Å². The van der Waals surface area contributed by atoms with E-state index in [0.29, 0.717) is 17.7 Å². The van der Waals surface area contributed by atoms with E-state index in [2.05, 4.69) is 0 Å². The predicted molar refractivity (Wildman–Crippen MR) is 70.1 cm³/mol. The van der Waals surface area contributed by atoms with Crippen LogP contribution in [0.2, 0.25) is 0 Å². The molecular weight excluding hydrogens is 250 g/mol. The molecule has 0 fully saturated rings. The molecule has 0 aliphatic rings. The van der Waals surface area contributed by atoms with Gasteiger partial charge in [-0.1, -0.05) is 0 Å². The van der Waals surface area contributed by atoms with Gasteiger partial charge in [-0.25, -0.2) is 0 Å². The molecule has 0 radical (unpaired) electrons. The number of nitrogens with zero attached hydrogens (tertiary/aromatic N) is 1. The Balaban J connectivity index is 2.85. The minimum absolute atomic E-state index is 0.0919. The van der Waals surface area contributed by atoms with Gasteiger partial charge in [0.1, 0.15) is 5.75 Å². The fraction of sp³-hybridized carbons (Fsp3) is 0.538. The molecule has 0 saturated carbocycles. The van der Waals surface area contributed by atoms with Crippen molar-refractivity contribution in [1.82, 2.24) is 0 Å². The van der Waals surface area contributed by atoms with Crippen LogP contribution in [0, 0.1) is 10.1 Å². The number of rotatable bonds is 6. The van der Waals surface area contributed by atoms with Crippen molar-refractivity contribution < 1.29 is 19.9 Å². The van der Waals surface area contributed by atoms with Crippen molar-refractivity contribution in [2.75, 3.05) is 6.61 Å². The van der Waals surface area contributed by atoms with Gasteiger partial charge in [-0.15, -0.1) is 0 Å². The lowest BCUT2D eigenvalue weighted by atomic mass is 10.1. The maximum atomic E-state index is 10.7. The number of non-ortho nitro benzene ring substituents is 1. The average Bonchev–Trinajstić information content (AvgIpc) is 2.27. The van der Waals surface area contributed by atoms with Crippen molar-refractivity contribution in [3.8, 4) is 5.75 Å². The number of nitro groups is 1. The van der Waals surface area contributed by atoms with Crippen molar-refractivity contribution in [3.63, 3.8) is 0 Å². The van der Waals surface area contributed by atoms with Crippen LogP contribution in [0.5, 0.6) is 5.75 Å². The van der Waals surface area contributed by atoms with E-state index in [4.69, 9.17) is 4.74 Å². The van der Waals surface area contributed by atoms with Crippen LogP contribution in [-0.2, 0) is 0 Å². The van der Waals surface area contributed by atoms with Crippen molar-refractivity contribution in [2.45, 2.75) is 38.9 Å². The first-order valence-electron chi connectivity index (χ1n) is 6.02. The Morgan fingerprint density at radius 2 is 2.11 bits per heavy atom. The third kappa shape index (κ3) is 4.84. The lowest BCUT2D eigenvalue weighted by molar-refractivity contribution is -0.385. The Labute approximate surface area is 111 Å². The van der Waals surface area contributed by atoms with Gasteiger partial charge < -0.3 is 14.9 Å². The molecule has 0 amide bonds. The molecule has 0 aliphatic heterocycles. The Morgan fingerprint density at radius 1 is 1.47 bits per heavy atom. The maximum Gasteiger partial charge on any atom is 0.270 e. The fourth-order valence-electron chi connectivity index (χ4n) is 1.52. The van der Waals surface area contributed by atoms with Crippen LogP contribution < -0.4 is 4.74 Å². The third-order valence-electron chi connectivity index (χ3n) is 2.63. The van der Waals surface area contributed by atoms with E-state index in [1.165, 1.54) is 25.1 Å². The van der Waals surface area contributed by atoms with E-state index in [0.717, 1.165) is 0 Å². The molecule has 6 nitrogen and oxygen atoms in total. The normalized spacial score (nSPS) is 13.1. The molecule has 1 aromatic carbocycles. The highest BCUT2D eigenvalue weighted by Crippen LogP contribution is 2.29. The minimum Gasteiger partial charge on any atom is -0.493 e. The van der Waals surface area contributed by atoms with Crippen LogP contribution >= 0.6 is 0 Å². The second-order valence-corrected chi connectivity index (χ2v) is 5.07. The predicted octanol–water partition coefficient (Wildman–Crippen LogP) is 2.19. The molecule has 1 unspecified atom stereocenters. The van der Waals surface area contributed by atoms with Crippen molar-refractivity contribution >= 4 is 5.69 Å². The number of hydrogen-bond acceptors (Lipinski definition) is 5. The van der Waals surface area contributed by atoms with E-state index in [-0.39, 0.29) is 12.3 Å². The molecule has 106 valence electrons. The number of benzene rings is 1. The fourth-order valence-corrected chi connectivity index (χ4v) is 1.52. The summed E-state index contributed by atoms with van der Waals surface area (Å²) in [5.41, 5.74) is -0.568. The van der Waals surface area contributed by atoms with Gasteiger partial charge in [0.05, 0.1) is 23.2 Å². The van der Waals surface area contributed by atoms with E-state index in [1.807, 2.05) is 0 Å². The quantitative estimate of drug-likeness (QED) is 0.610. The molecule has 6 heteroatoms. The standard InChI is InChI=1S/C13H19NO5/c1-9(15)11-8-10(14(17)18)4-5-12(11)19-7-6-13(2,3)16/h4-5,8-9,15-16H,6-7H2,1-3H3. The Kier molecular flexibility index (Phi) is 4.85. The van der Waals surface area contributed by atoms with E-state index in [1.54, 1.807) is 13.8 Å². The van der Waals surface area contributed by atoms with Crippen molar-refractivity contribution in [1.29, 1.82) is 0 Å². The molecule has 0 aromatic heterocycles. The van der Waals surface area contributed by atoms with Crippen molar-refractivity contribution in [3.05, 3.63) is 33.9 Å². The molecule has 19 heavy (non-hydrogen) atoms. The molecule has 2 N–H and O–H groups in total. The van der Waals surface area contributed by atoms with Crippen LogP contribution in [0.3, 0.4) is 0 Å². The summed E-state index contributed by atoms with van der Waals surface area (Å²) in [7, 11) is 0. The van der Waals surface area contributed by atoms with Gasteiger partial charge >= 0.3 is 0 Å². The van der Waals surface area contributed by atoms with Gasteiger partial charge in [0.2, 0.25) is 0 Å². The largest absolute Gasteiger partial charge is 0.493 e. The van der Waals surface area contributed by atoms with Gasteiger partial charge in [-0.05, 0) is 26.8 Å². The molecule has 1 aromatic rings. The lowest BCUT2D eigenvalue weighted by Crippen LogP contribution is -2.22. The number of hydrogen-bond donors (Lipinski definition) is 2. The molecule has 0 aliphatic carbocycles. The highest BCUT2D eigenvalue weighted by molar-refractivity contribution is 5.44. The average molecular weight is 269 g/mol. The number of ether oxygens (including phenoxy) is 1. The zero-order chi connectivity index (χ0) is 14.6. The summed E-state index contributed by atoms with van der Waals surface area (Å²) >= 11 is 0. The summed E-state index contributed by atoms with van der Waals surface area (Å²) in [4.78, 5) is 10.2. The minimum atomic E-state index is -0.864. The summed E-state index contributed by atoms with van der Waals surface area (Å²) in [6, 6.07) is 4.08. The Hall–Kier alpha value is -1.66. The van der Waals surface area contributed by atoms with Crippen LogP contribution in [0.1, 0.15) is 38.9 Å². The van der Waals surface area contributed by atoms with Gasteiger partial charge in [0.25, 0.3) is 5.69 Å². The molecule has 0 bridgehead atoms. The van der Waals surface area contributed by atoms with Crippen LogP contribution in [0.15, 0.2) is 18.2 Å². The second-order valence-electron chi connectivity index (χ2n) is 5.07. The first-order valence-corrected chi connectivity index (χ1v) is 6.02. The summed E-state index contributed by atoms with van der Waals surface area (Å²) < 4.78 is 5.47. The third-order valence-corrected chi connectivity index (χ3v) is 2.63. The Bertz CT molecular complexity index is 451. The topological polar surface area (TPSA) is 92.8 Å². The number of aliphatic hydroxyl groups is 2. The molecule has 0 heterocycles. The maximum absolute atomic E-state index is 10.7. The SMILES string of the molecule is CC(O)c1cc([N+](=O)[O-])ccc1OCCC(C)(C)O. The Morgan fingerprint density at radius 3 is 2.58 bits per heavy atom. The summed E-state index contributed by atoms with van der Waals surface area (Å²) in [5, 5.41) is 29.9. The second kappa shape index (κ2) is 5.99. The zero-order valence-electron chi connectivity index (χ0n) is 11.3. The van der Waals surface area contributed by atoms with Gasteiger partial charge in [-0.3, -0.25) is 10.1 Å². The van der Waals surface area contributed by atoms with Gasteiger partial charge in [0.15, 0.2) is 0 Å². The smallest absolute Gasteiger partial charge is 0.270 e. The highest BCUT2D eigenvalue weighted by Gasteiger charge is 2.17. The first-order chi connectivity index (χ1) is 8.70. The monoisotopic (exact) mass is 269 g/mol. The summed E-state index contributed by atoms with van der Waals surface area (Å²) in [6.07, 6.45) is -0.444. The molecular formula is C13H19NO5. The summed E-state index contributed by atoms with van der Waals surface area (Å²) in [6.45, 7) is 5.12. The number of aliphatic hydroxyl groups excluding tert-OH is 1. The first kappa shape index (κ1) is 15.4. The van der Waals surface area contributed by atoms with E-state index in [9.17, 15) is 20.3 Å². The van der Waals surface area contributed by atoms with Crippen LogP contribution in [0.25, 0.3) is 0 Å². The van der Waals surface area contributed by atoms with E-state index >= 15 is 0 Å². The van der Waals surface area contributed by atoms with Gasteiger partial charge in [-0.2, -0.15) is 0 Å². The van der Waals surface area contributed by atoms with Crippen LogP contribution in [-0.4, -0.2) is 27.3 Å². The summed E-state index contributed by atoms with van der Waals surface area (Å²) in [5.74, 6) is 0.393. The molecule has 1 rings (SSSR count). The lowest BCUT2D eigenvalue weighted by Gasteiger charge is -2.18. The molecule has 0 saturated heterocycles. The highest BCUT2D eigenvalue weighted by atomic mass is 16.6. The molecule has 1 atom stereocenters. The zero-order valence-corrected chi connectivity index (χ0v) is 11.3. The molecule has 0 spiro atoms. The number of nitro benzene ring substituents is 1. The van der Waals surface area contributed by atoms with E-state index < -0.39 is 16.6 Å². The van der Waals surface area contributed by atoms with Crippen LogP contribution in [0.4, 0.5) is 5.69 Å². The van der Waals surface area contributed by atoms with Crippen molar-refractivity contribution in [2.24, 2.45) is 0 Å².